The molecule has 0 spiro atoms. The second-order valence-corrected chi connectivity index (χ2v) is 8.08. The van der Waals surface area contributed by atoms with Gasteiger partial charge in [0.05, 0.1) is 6.20 Å². The Kier molecular flexibility index (Phi) is 5.47. The summed E-state index contributed by atoms with van der Waals surface area (Å²) in [4.78, 5) is 32.4. The van der Waals surface area contributed by atoms with E-state index in [-0.39, 0.29) is 17.7 Å². The lowest BCUT2D eigenvalue weighted by Crippen LogP contribution is -2.45. The number of carbonyl (C=O) groups excluding carboxylic acids is 2. The first-order chi connectivity index (χ1) is 14.1. The molecule has 1 saturated carbocycles. The molecule has 1 aliphatic rings. The Balaban J connectivity index is 1.56. The predicted octanol–water partition coefficient (Wildman–Crippen LogP) is 4.75. The second kappa shape index (κ2) is 8.19. The van der Waals surface area contributed by atoms with Gasteiger partial charge in [-0.2, -0.15) is 0 Å². The van der Waals surface area contributed by atoms with E-state index < -0.39 is 0 Å². The smallest absolute Gasteiger partial charge is 0.254 e. The second-order valence-electron chi connectivity index (χ2n) is 8.08. The summed E-state index contributed by atoms with van der Waals surface area (Å²) in [6.45, 7) is 4.16. The molecule has 5 heteroatoms. The molecule has 4 rings (SSSR count). The molecule has 1 fully saturated rings. The quantitative estimate of drug-likeness (QED) is 0.592. The third kappa shape index (κ3) is 3.82. The van der Waals surface area contributed by atoms with Crippen molar-refractivity contribution in [3.05, 3.63) is 71.7 Å². The molecule has 0 radical (unpaired) electrons. The summed E-state index contributed by atoms with van der Waals surface area (Å²) < 4.78 is 1.78. The number of carbonyl (C=O) groups is 2. The van der Waals surface area contributed by atoms with E-state index in [0.29, 0.717) is 22.9 Å². The van der Waals surface area contributed by atoms with Crippen molar-refractivity contribution in [2.75, 3.05) is 0 Å². The number of pyridine rings is 1. The van der Waals surface area contributed by atoms with Crippen LogP contribution in [0.2, 0.25) is 0 Å². The highest BCUT2D eigenvalue weighted by Crippen LogP contribution is 2.26. The summed E-state index contributed by atoms with van der Waals surface area (Å²) in [6.07, 6.45) is 9.22. The number of hydrogen-bond acceptors (Lipinski definition) is 3. The maximum absolute atomic E-state index is 13.2. The van der Waals surface area contributed by atoms with Crippen molar-refractivity contribution in [3.8, 4) is 0 Å². The van der Waals surface area contributed by atoms with Crippen LogP contribution in [0.1, 0.15) is 72.4 Å². The van der Waals surface area contributed by atoms with E-state index in [0.717, 1.165) is 18.5 Å². The largest absolute Gasteiger partial charge is 0.333 e. The number of benzene rings is 1. The highest BCUT2D eigenvalue weighted by Gasteiger charge is 2.28. The number of ketones is 1. The lowest BCUT2D eigenvalue weighted by atomic mass is 9.92. The molecule has 2 heterocycles. The average Bonchev–Trinajstić information content (AvgIpc) is 3.18. The molecule has 2 aromatic heterocycles. The fourth-order valence-corrected chi connectivity index (χ4v) is 4.34. The molecular formula is C24H27N3O2. The molecule has 0 bridgehead atoms. The molecule has 1 amide bonds. The normalized spacial score (nSPS) is 15.0. The Morgan fingerprint density at radius 3 is 2.38 bits per heavy atom. The minimum atomic E-state index is -0.101. The third-order valence-electron chi connectivity index (χ3n) is 5.80. The number of rotatable bonds is 5. The van der Waals surface area contributed by atoms with Gasteiger partial charge in [0.25, 0.3) is 5.91 Å². The van der Waals surface area contributed by atoms with Gasteiger partial charge in [-0.05, 0) is 51.0 Å². The monoisotopic (exact) mass is 389 g/mol. The van der Waals surface area contributed by atoms with Gasteiger partial charge >= 0.3 is 0 Å². The van der Waals surface area contributed by atoms with Crippen LogP contribution in [0.15, 0.2) is 54.9 Å². The van der Waals surface area contributed by atoms with Gasteiger partial charge < -0.3 is 4.90 Å². The maximum Gasteiger partial charge on any atom is 0.254 e. The Hall–Kier alpha value is -2.95. The van der Waals surface area contributed by atoms with Crippen LogP contribution in [-0.2, 0) is 0 Å². The zero-order valence-electron chi connectivity index (χ0n) is 17.0. The molecule has 3 aromatic rings. The standard InChI is InChI=1S/C24H27N3O2/c1-17(2)27(20-8-4-3-5-9-20)24(29)19-13-11-18(12-14-19)23(28)21-16-25-22-10-6-7-15-26(21)22/h6-7,10-17,20H,3-5,8-9H2,1-2H3. The van der Waals surface area contributed by atoms with Crippen molar-refractivity contribution >= 4 is 17.3 Å². The molecule has 0 aliphatic heterocycles. The van der Waals surface area contributed by atoms with Crippen LogP contribution in [-0.4, -0.2) is 38.1 Å². The molecule has 0 saturated heterocycles. The van der Waals surface area contributed by atoms with Crippen molar-refractivity contribution < 1.29 is 9.59 Å². The number of imidazole rings is 1. The predicted molar refractivity (Wildman–Crippen MR) is 113 cm³/mol. The minimum absolute atomic E-state index is 0.0562. The molecule has 5 nitrogen and oxygen atoms in total. The Morgan fingerprint density at radius 2 is 1.69 bits per heavy atom. The average molecular weight is 389 g/mol. The summed E-state index contributed by atoms with van der Waals surface area (Å²) in [5, 5.41) is 0. The van der Waals surface area contributed by atoms with Gasteiger partial charge in [-0.25, -0.2) is 4.98 Å². The minimum Gasteiger partial charge on any atom is -0.333 e. The summed E-state index contributed by atoms with van der Waals surface area (Å²) in [5.41, 5.74) is 2.45. The highest BCUT2D eigenvalue weighted by atomic mass is 16.2. The van der Waals surface area contributed by atoms with Crippen LogP contribution in [0, 0.1) is 0 Å². The first-order valence-corrected chi connectivity index (χ1v) is 10.5. The van der Waals surface area contributed by atoms with Crippen LogP contribution in [0.3, 0.4) is 0 Å². The molecule has 0 unspecified atom stereocenters. The molecule has 1 aromatic carbocycles. The number of amides is 1. The van der Waals surface area contributed by atoms with E-state index in [4.69, 9.17) is 0 Å². The maximum atomic E-state index is 13.2. The van der Waals surface area contributed by atoms with Crippen molar-refractivity contribution in [2.45, 2.75) is 58.0 Å². The lowest BCUT2D eigenvalue weighted by Gasteiger charge is -2.37. The van der Waals surface area contributed by atoms with Crippen LogP contribution in [0.5, 0.6) is 0 Å². The van der Waals surface area contributed by atoms with Crippen LogP contribution in [0.25, 0.3) is 5.65 Å². The molecule has 1 aliphatic carbocycles. The van der Waals surface area contributed by atoms with Gasteiger partial charge in [-0.15, -0.1) is 0 Å². The van der Waals surface area contributed by atoms with E-state index in [1.54, 1.807) is 34.9 Å². The van der Waals surface area contributed by atoms with Gasteiger partial charge in [0.1, 0.15) is 11.3 Å². The van der Waals surface area contributed by atoms with E-state index in [1.807, 2.05) is 29.3 Å². The molecular weight excluding hydrogens is 362 g/mol. The number of hydrogen-bond donors (Lipinski definition) is 0. The zero-order chi connectivity index (χ0) is 20.4. The number of aromatic nitrogens is 2. The topological polar surface area (TPSA) is 54.7 Å². The summed E-state index contributed by atoms with van der Waals surface area (Å²) >= 11 is 0. The van der Waals surface area contributed by atoms with Crippen molar-refractivity contribution in [1.29, 1.82) is 0 Å². The molecule has 29 heavy (non-hydrogen) atoms. The van der Waals surface area contributed by atoms with Gasteiger partial charge in [-0.3, -0.25) is 14.0 Å². The number of fused-ring (bicyclic) bond motifs is 1. The molecule has 150 valence electrons. The van der Waals surface area contributed by atoms with Gasteiger partial charge in [0.2, 0.25) is 5.78 Å². The van der Waals surface area contributed by atoms with E-state index in [9.17, 15) is 9.59 Å². The van der Waals surface area contributed by atoms with Crippen LogP contribution in [0.4, 0.5) is 0 Å². The summed E-state index contributed by atoms with van der Waals surface area (Å²) in [6, 6.07) is 13.1. The fraction of sp³-hybridized carbons (Fsp3) is 0.375. The molecule has 0 N–H and O–H groups in total. The van der Waals surface area contributed by atoms with E-state index >= 15 is 0 Å². The van der Waals surface area contributed by atoms with Gasteiger partial charge in [0.15, 0.2) is 0 Å². The Labute approximate surface area is 171 Å². The fourth-order valence-electron chi connectivity index (χ4n) is 4.34. The number of nitrogens with zero attached hydrogens (tertiary/aromatic N) is 3. The Morgan fingerprint density at radius 1 is 1.00 bits per heavy atom. The third-order valence-corrected chi connectivity index (χ3v) is 5.80. The van der Waals surface area contributed by atoms with Crippen LogP contribution >= 0.6 is 0 Å². The first kappa shape index (κ1) is 19.4. The van der Waals surface area contributed by atoms with E-state index in [1.165, 1.54) is 19.3 Å². The summed E-state index contributed by atoms with van der Waals surface area (Å²) in [5.74, 6) is -0.0450. The Bertz CT molecular complexity index is 1010. The van der Waals surface area contributed by atoms with Gasteiger partial charge in [0, 0.05) is 29.4 Å². The van der Waals surface area contributed by atoms with Crippen molar-refractivity contribution in [3.63, 3.8) is 0 Å². The highest BCUT2D eigenvalue weighted by molar-refractivity contribution is 6.08. The molecule has 0 atom stereocenters. The lowest BCUT2D eigenvalue weighted by molar-refractivity contribution is 0.0555. The zero-order valence-corrected chi connectivity index (χ0v) is 17.0. The van der Waals surface area contributed by atoms with Crippen LogP contribution < -0.4 is 0 Å². The van der Waals surface area contributed by atoms with Crippen molar-refractivity contribution in [1.82, 2.24) is 14.3 Å². The van der Waals surface area contributed by atoms with E-state index in [2.05, 4.69) is 18.8 Å². The first-order valence-electron chi connectivity index (χ1n) is 10.5. The SMILES string of the molecule is CC(C)N(C(=O)c1ccc(C(=O)c2cnc3ccccn23)cc1)C1CCCCC1. The van der Waals surface area contributed by atoms with Gasteiger partial charge in [-0.1, -0.05) is 37.5 Å². The summed E-state index contributed by atoms with van der Waals surface area (Å²) in [7, 11) is 0. The van der Waals surface area contributed by atoms with Crippen molar-refractivity contribution in [2.24, 2.45) is 0 Å².